The van der Waals surface area contributed by atoms with Crippen molar-refractivity contribution in [2.45, 2.75) is 17.6 Å². The van der Waals surface area contributed by atoms with Gasteiger partial charge in [-0.15, -0.1) is 11.3 Å². The van der Waals surface area contributed by atoms with Gasteiger partial charge in [0.25, 0.3) is 5.91 Å². The summed E-state index contributed by atoms with van der Waals surface area (Å²) < 4.78 is 4.96. The van der Waals surface area contributed by atoms with Crippen molar-refractivity contribution in [2.75, 3.05) is 26.5 Å². The number of thiocarbonyl (C=S) groups is 1. The van der Waals surface area contributed by atoms with Crippen LogP contribution >= 0.6 is 35.3 Å². The zero-order valence-electron chi connectivity index (χ0n) is 11.5. The third-order valence-electron chi connectivity index (χ3n) is 3.72. The average Bonchev–Trinajstić information content (AvgIpc) is 2.95. The molecule has 0 bridgehead atoms. The summed E-state index contributed by atoms with van der Waals surface area (Å²) in [5.41, 5.74) is 5.86. The van der Waals surface area contributed by atoms with E-state index in [1.807, 2.05) is 16.5 Å². The van der Waals surface area contributed by atoms with Gasteiger partial charge in [-0.25, -0.2) is 0 Å². The van der Waals surface area contributed by atoms with Crippen molar-refractivity contribution < 1.29 is 9.53 Å². The highest BCUT2D eigenvalue weighted by molar-refractivity contribution is 8.02. The van der Waals surface area contributed by atoms with Gasteiger partial charge in [-0.2, -0.15) is 11.8 Å². The van der Waals surface area contributed by atoms with Crippen LogP contribution in [0.4, 0.5) is 0 Å². The Labute approximate surface area is 132 Å². The number of hydrogen-bond donors (Lipinski definition) is 1. The molecule has 0 spiro atoms. The predicted molar refractivity (Wildman–Crippen MR) is 89.0 cm³/mol. The van der Waals surface area contributed by atoms with Crippen molar-refractivity contribution in [1.82, 2.24) is 4.90 Å². The summed E-state index contributed by atoms with van der Waals surface area (Å²) in [6.07, 6.45) is 3.66. The van der Waals surface area contributed by atoms with Crippen LogP contribution in [-0.4, -0.2) is 47.0 Å². The van der Waals surface area contributed by atoms with Crippen LogP contribution in [0.15, 0.2) is 11.4 Å². The number of nitrogens with zero attached hydrogens (tertiary/aromatic N) is 1. The molecule has 1 amide bonds. The molecule has 0 radical (unpaired) electrons. The topological polar surface area (TPSA) is 55.6 Å². The number of likely N-dealkylation sites (tertiary alicyclic amines) is 1. The molecule has 7 heteroatoms. The number of amides is 1. The maximum Gasteiger partial charge on any atom is 0.264 e. The van der Waals surface area contributed by atoms with Crippen molar-refractivity contribution in [1.29, 1.82) is 0 Å². The van der Waals surface area contributed by atoms with Crippen LogP contribution in [0, 0.1) is 0 Å². The van der Waals surface area contributed by atoms with E-state index in [-0.39, 0.29) is 10.7 Å². The van der Waals surface area contributed by atoms with Crippen LogP contribution in [0.25, 0.3) is 0 Å². The lowest BCUT2D eigenvalue weighted by molar-refractivity contribution is 0.0723. The maximum absolute atomic E-state index is 12.4. The van der Waals surface area contributed by atoms with Crippen molar-refractivity contribution in [3.8, 4) is 5.75 Å². The number of hydrogen-bond acceptors (Lipinski definition) is 5. The van der Waals surface area contributed by atoms with E-state index in [0.29, 0.717) is 23.0 Å². The Kier molecular flexibility index (Phi) is 4.93. The molecule has 2 rings (SSSR count). The number of ether oxygens (including phenoxy) is 1. The largest absolute Gasteiger partial charge is 0.496 e. The van der Waals surface area contributed by atoms with E-state index < -0.39 is 0 Å². The standard InChI is InChI=1S/C13H18N2O2S3/c1-17-9-7-10(20-8-9)11(16)15-5-3-13(19-2,4-6-15)12(14)18/h7-8H,3-6H2,1-2H3,(H2,14,18). The molecule has 1 aliphatic heterocycles. The molecular weight excluding hydrogens is 312 g/mol. The quantitative estimate of drug-likeness (QED) is 0.859. The van der Waals surface area contributed by atoms with Crippen LogP contribution in [0.3, 0.4) is 0 Å². The molecule has 0 unspecified atom stereocenters. The van der Waals surface area contributed by atoms with Crippen molar-refractivity contribution in [3.05, 3.63) is 16.3 Å². The Hall–Kier alpha value is -0.790. The number of piperidine rings is 1. The SMILES string of the molecule is COc1csc(C(=O)N2CCC(SC)(C(N)=S)CC2)c1. The van der Waals surface area contributed by atoms with Crippen molar-refractivity contribution >= 4 is 46.2 Å². The van der Waals surface area contributed by atoms with Gasteiger partial charge in [0.1, 0.15) is 5.75 Å². The summed E-state index contributed by atoms with van der Waals surface area (Å²) in [6.45, 7) is 1.38. The fraction of sp³-hybridized carbons (Fsp3) is 0.538. The number of thioether (sulfide) groups is 1. The molecule has 0 saturated carbocycles. The molecule has 1 aliphatic rings. The van der Waals surface area contributed by atoms with Gasteiger partial charge in [0.05, 0.1) is 21.7 Å². The van der Waals surface area contributed by atoms with E-state index in [1.54, 1.807) is 24.9 Å². The molecule has 2 N–H and O–H groups in total. The molecule has 110 valence electrons. The minimum atomic E-state index is -0.154. The highest BCUT2D eigenvalue weighted by Gasteiger charge is 2.38. The third kappa shape index (κ3) is 2.94. The molecule has 1 aromatic rings. The minimum Gasteiger partial charge on any atom is -0.496 e. The summed E-state index contributed by atoms with van der Waals surface area (Å²) in [5.74, 6) is 0.799. The Morgan fingerprint density at radius 3 is 2.65 bits per heavy atom. The van der Waals surface area contributed by atoms with Crippen LogP contribution in [0.5, 0.6) is 5.75 Å². The zero-order chi connectivity index (χ0) is 14.8. The third-order valence-corrected chi connectivity index (χ3v) is 6.55. The number of nitrogens with two attached hydrogens (primary N) is 1. The van der Waals surface area contributed by atoms with E-state index in [2.05, 4.69) is 0 Å². The fourth-order valence-electron chi connectivity index (χ4n) is 2.32. The Morgan fingerprint density at radius 2 is 2.20 bits per heavy atom. The second-order valence-corrected chi connectivity index (χ2v) is 7.25. The Morgan fingerprint density at radius 1 is 1.55 bits per heavy atom. The van der Waals surface area contributed by atoms with E-state index in [1.165, 1.54) is 11.3 Å². The molecule has 0 aliphatic carbocycles. The van der Waals surface area contributed by atoms with Crippen molar-refractivity contribution in [2.24, 2.45) is 5.73 Å². The van der Waals surface area contributed by atoms with Gasteiger partial charge in [-0.05, 0) is 19.1 Å². The van der Waals surface area contributed by atoms with Gasteiger partial charge < -0.3 is 15.4 Å². The Balaban J connectivity index is 2.03. The first-order chi connectivity index (χ1) is 9.52. The number of rotatable bonds is 4. The maximum atomic E-state index is 12.4. The monoisotopic (exact) mass is 330 g/mol. The summed E-state index contributed by atoms with van der Waals surface area (Å²) in [7, 11) is 1.60. The fourth-order valence-corrected chi connectivity index (χ4v) is 4.38. The lowest BCUT2D eigenvalue weighted by atomic mass is 9.95. The summed E-state index contributed by atoms with van der Waals surface area (Å²) in [5, 5.41) is 1.85. The molecule has 4 nitrogen and oxygen atoms in total. The first-order valence-electron chi connectivity index (χ1n) is 6.29. The average molecular weight is 331 g/mol. The minimum absolute atomic E-state index is 0.0657. The zero-order valence-corrected chi connectivity index (χ0v) is 14.0. The van der Waals surface area contributed by atoms with Gasteiger partial charge in [0.15, 0.2) is 0 Å². The van der Waals surface area contributed by atoms with Gasteiger partial charge in [-0.3, -0.25) is 4.79 Å². The number of thiophene rings is 1. The predicted octanol–water partition coefficient (Wildman–Crippen LogP) is 2.38. The van der Waals surface area contributed by atoms with Crippen LogP contribution < -0.4 is 10.5 Å². The van der Waals surface area contributed by atoms with Crippen LogP contribution in [-0.2, 0) is 0 Å². The van der Waals surface area contributed by atoms with Gasteiger partial charge in [0, 0.05) is 24.5 Å². The van der Waals surface area contributed by atoms with Gasteiger partial charge in [0.2, 0.25) is 0 Å². The van der Waals surface area contributed by atoms with E-state index in [4.69, 9.17) is 22.7 Å². The van der Waals surface area contributed by atoms with Crippen LogP contribution in [0.2, 0.25) is 0 Å². The summed E-state index contributed by atoms with van der Waals surface area (Å²) >= 11 is 8.30. The first kappa shape index (κ1) is 15.6. The molecule has 0 aromatic carbocycles. The first-order valence-corrected chi connectivity index (χ1v) is 8.80. The molecule has 1 aromatic heterocycles. The van der Waals surface area contributed by atoms with Gasteiger partial charge in [-0.1, -0.05) is 12.2 Å². The van der Waals surface area contributed by atoms with E-state index in [0.717, 1.165) is 18.6 Å². The molecule has 20 heavy (non-hydrogen) atoms. The second kappa shape index (κ2) is 6.32. The molecule has 2 heterocycles. The Bertz CT molecular complexity index is 507. The van der Waals surface area contributed by atoms with E-state index >= 15 is 0 Å². The number of carbonyl (C=O) groups excluding carboxylic acids is 1. The van der Waals surface area contributed by atoms with Crippen LogP contribution in [0.1, 0.15) is 22.5 Å². The molecule has 0 atom stereocenters. The van der Waals surface area contributed by atoms with Crippen molar-refractivity contribution in [3.63, 3.8) is 0 Å². The molecular formula is C13H18N2O2S3. The van der Waals surface area contributed by atoms with Gasteiger partial charge >= 0.3 is 0 Å². The van der Waals surface area contributed by atoms with E-state index in [9.17, 15) is 4.79 Å². The normalized spacial score (nSPS) is 17.8. The number of carbonyl (C=O) groups is 1. The lowest BCUT2D eigenvalue weighted by Gasteiger charge is -2.39. The second-order valence-electron chi connectivity index (χ2n) is 4.71. The molecule has 1 fully saturated rings. The highest BCUT2D eigenvalue weighted by Crippen LogP contribution is 2.35. The summed E-state index contributed by atoms with van der Waals surface area (Å²) in [6, 6.07) is 1.79. The lowest BCUT2D eigenvalue weighted by Crippen LogP contribution is -2.50. The molecule has 1 saturated heterocycles. The smallest absolute Gasteiger partial charge is 0.264 e. The highest BCUT2D eigenvalue weighted by atomic mass is 32.2. The number of methoxy groups -OCH3 is 1. The summed E-state index contributed by atoms with van der Waals surface area (Å²) in [4.78, 5) is 15.5.